The molecule has 1 saturated heterocycles. The quantitative estimate of drug-likeness (QED) is 0.810. The number of piperazine rings is 1. The molecule has 0 saturated carbocycles. The first-order valence-electron chi connectivity index (χ1n) is 7.45. The van der Waals surface area contributed by atoms with Crippen LogP contribution < -0.4 is 4.74 Å². The summed E-state index contributed by atoms with van der Waals surface area (Å²) in [5.74, 6) is -0.183. The van der Waals surface area contributed by atoms with Crippen LogP contribution in [0.4, 0.5) is 0 Å². The van der Waals surface area contributed by atoms with E-state index in [9.17, 15) is 4.79 Å². The second kappa shape index (κ2) is 7.43. The van der Waals surface area contributed by atoms with Crippen molar-refractivity contribution in [2.45, 2.75) is 19.4 Å². The Labute approximate surface area is 126 Å². The maximum absolute atomic E-state index is 10.7. The van der Waals surface area contributed by atoms with Gasteiger partial charge in [0.1, 0.15) is 5.75 Å². The van der Waals surface area contributed by atoms with Crippen LogP contribution in [-0.2, 0) is 0 Å². The Hall–Kier alpha value is -1.59. The number of carbonyl (C=O) groups is 1. The third kappa shape index (κ3) is 4.72. The number of carboxylic acid groups (broad SMARTS) is 1. The molecule has 1 aliphatic rings. The summed E-state index contributed by atoms with van der Waals surface area (Å²) in [6.45, 7) is 7.32. The molecule has 1 heterocycles. The lowest BCUT2D eigenvalue weighted by molar-refractivity contribution is 0.0697. The molecule has 2 rings (SSSR count). The summed E-state index contributed by atoms with van der Waals surface area (Å²) in [6, 6.07) is 7.17. The number of rotatable bonds is 6. The van der Waals surface area contributed by atoms with Crippen LogP contribution in [0.15, 0.2) is 24.3 Å². The van der Waals surface area contributed by atoms with Crippen LogP contribution in [0.2, 0.25) is 0 Å². The number of nitrogens with zero attached hydrogens (tertiary/aromatic N) is 2. The van der Waals surface area contributed by atoms with Crippen LogP contribution >= 0.6 is 0 Å². The molecule has 1 aromatic carbocycles. The van der Waals surface area contributed by atoms with Crippen LogP contribution in [0, 0.1) is 0 Å². The molecule has 1 unspecified atom stereocenters. The summed E-state index contributed by atoms with van der Waals surface area (Å²) in [4.78, 5) is 15.6. The van der Waals surface area contributed by atoms with Crippen LogP contribution in [0.3, 0.4) is 0 Å². The minimum Gasteiger partial charge on any atom is -0.494 e. The Kier molecular flexibility index (Phi) is 5.59. The highest BCUT2D eigenvalue weighted by Gasteiger charge is 2.19. The minimum atomic E-state index is -0.911. The highest BCUT2D eigenvalue weighted by molar-refractivity contribution is 5.87. The van der Waals surface area contributed by atoms with E-state index in [-0.39, 0.29) is 5.56 Å². The summed E-state index contributed by atoms with van der Waals surface area (Å²) < 4.78 is 5.65. The molecule has 0 bridgehead atoms. The van der Waals surface area contributed by atoms with E-state index in [2.05, 4.69) is 23.8 Å². The average molecular weight is 292 g/mol. The molecule has 0 aliphatic carbocycles. The van der Waals surface area contributed by atoms with Gasteiger partial charge in [-0.25, -0.2) is 4.79 Å². The first-order valence-corrected chi connectivity index (χ1v) is 7.45. The molecule has 0 amide bonds. The van der Waals surface area contributed by atoms with Crippen LogP contribution in [0.5, 0.6) is 5.75 Å². The molecule has 1 atom stereocenters. The summed E-state index contributed by atoms with van der Waals surface area (Å²) in [5, 5.41) is 8.82. The molecule has 0 aromatic heterocycles. The van der Waals surface area contributed by atoms with E-state index in [1.54, 1.807) is 24.3 Å². The third-order valence-electron chi connectivity index (χ3n) is 4.03. The molecule has 5 heteroatoms. The maximum atomic E-state index is 10.7. The van der Waals surface area contributed by atoms with E-state index in [0.717, 1.165) is 38.3 Å². The summed E-state index contributed by atoms with van der Waals surface area (Å²) in [6.07, 6.45) is 0.983. The van der Waals surface area contributed by atoms with Gasteiger partial charge in [0.25, 0.3) is 0 Å². The van der Waals surface area contributed by atoms with Gasteiger partial charge in [-0.2, -0.15) is 0 Å². The van der Waals surface area contributed by atoms with Crippen LogP contribution in [0.25, 0.3) is 0 Å². The molecule has 0 radical (unpaired) electrons. The molecule has 0 spiro atoms. The van der Waals surface area contributed by atoms with E-state index in [0.29, 0.717) is 12.6 Å². The Bertz CT molecular complexity index is 461. The molecule has 1 fully saturated rings. The van der Waals surface area contributed by atoms with Gasteiger partial charge < -0.3 is 19.6 Å². The molecular formula is C16H24N2O3. The topological polar surface area (TPSA) is 53.0 Å². The standard InChI is InChI=1S/C16H24N2O3/c1-13-12-18(10-9-17(13)2)8-3-11-21-15-6-4-14(5-7-15)16(19)20/h4-7,13H,3,8-12H2,1-2H3,(H,19,20). The Morgan fingerprint density at radius 2 is 2.05 bits per heavy atom. The minimum absolute atomic E-state index is 0.286. The Balaban J connectivity index is 1.66. The number of aromatic carboxylic acids is 1. The van der Waals surface area contributed by atoms with Crippen molar-refractivity contribution in [1.82, 2.24) is 9.80 Å². The first-order chi connectivity index (χ1) is 10.1. The second-order valence-electron chi connectivity index (χ2n) is 5.66. The van der Waals surface area contributed by atoms with Crippen molar-refractivity contribution in [2.24, 2.45) is 0 Å². The van der Waals surface area contributed by atoms with Crippen molar-refractivity contribution < 1.29 is 14.6 Å². The van der Waals surface area contributed by atoms with Crippen molar-refractivity contribution in [2.75, 3.05) is 39.8 Å². The lowest BCUT2D eigenvalue weighted by Gasteiger charge is -2.37. The maximum Gasteiger partial charge on any atom is 0.335 e. The van der Waals surface area contributed by atoms with Crippen molar-refractivity contribution in [3.05, 3.63) is 29.8 Å². The van der Waals surface area contributed by atoms with Gasteiger partial charge >= 0.3 is 5.97 Å². The highest BCUT2D eigenvalue weighted by atomic mass is 16.5. The fourth-order valence-electron chi connectivity index (χ4n) is 2.50. The number of likely N-dealkylation sites (N-methyl/N-ethyl adjacent to an activating group) is 1. The van der Waals surface area contributed by atoms with Gasteiger partial charge in [0.05, 0.1) is 12.2 Å². The van der Waals surface area contributed by atoms with Crippen molar-refractivity contribution in [3.63, 3.8) is 0 Å². The van der Waals surface area contributed by atoms with Crippen LogP contribution in [0.1, 0.15) is 23.7 Å². The summed E-state index contributed by atoms with van der Waals surface area (Å²) in [7, 11) is 2.17. The molecule has 116 valence electrons. The predicted molar refractivity (Wildman–Crippen MR) is 82.0 cm³/mol. The van der Waals surface area contributed by atoms with Gasteiger partial charge in [0.15, 0.2) is 0 Å². The van der Waals surface area contributed by atoms with Gasteiger partial charge in [-0.15, -0.1) is 0 Å². The zero-order chi connectivity index (χ0) is 15.2. The van der Waals surface area contributed by atoms with Gasteiger partial charge in [-0.3, -0.25) is 0 Å². The normalized spacial score (nSPS) is 20.4. The summed E-state index contributed by atoms with van der Waals surface area (Å²) >= 11 is 0. The first kappa shape index (κ1) is 15.8. The van der Waals surface area contributed by atoms with Gasteiger partial charge in [0, 0.05) is 32.2 Å². The second-order valence-corrected chi connectivity index (χ2v) is 5.66. The van der Waals surface area contributed by atoms with Gasteiger partial charge in [-0.05, 0) is 44.7 Å². The third-order valence-corrected chi connectivity index (χ3v) is 4.03. The zero-order valence-corrected chi connectivity index (χ0v) is 12.8. The molecule has 5 nitrogen and oxygen atoms in total. The molecule has 1 N–H and O–H groups in total. The predicted octanol–water partition coefficient (Wildman–Crippen LogP) is 1.79. The monoisotopic (exact) mass is 292 g/mol. The van der Waals surface area contributed by atoms with E-state index in [1.165, 1.54) is 0 Å². The summed E-state index contributed by atoms with van der Waals surface area (Å²) in [5.41, 5.74) is 0.286. The Morgan fingerprint density at radius 1 is 1.33 bits per heavy atom. The number of carboxylic acids is 1. The van der Waals surface area contributed by atoms with E-state index in [4.69, 9.17) is 9.84 Å². The molecule has 21 heavy (non-hydrogen) atoms. The van der Waals surface area contributed by atoms with Crippen molar-refractivity contribution in [3.8, 4) is 5.75 Å². The smallest absolute Gasteiger partial charge is 0.335 e. The Morgan fingerprint density at radius 3 is 2.67 bits per heavy atom. The lowest BCUT2D eigenvalue weighted by Crippen LogP contribution is -2.50. The fourth-order valence-corrected chi connectivity index (χ4v) is 2.50. The SMILES string of the molecule is CC1CN(CCCOc2ccc(C(=O)O)cc2)CCN1C. The zero-order valence-electron chi connectivity index (χ0n) is 12.8. The number of benzene rings is 1. The number of ether oxygens (including phenoxy) is 1. The molecular weight excluding hydrogens is 268 g/mol. The molecule has 1 aromatic rings. The van der Waals surface area contributed by atoms with Crippen LogP contribution in [-0.4, -0.2) is 66.8 Å². The van der Waals surface area contributed by atoms with E-state index in [1.807, 2.05) is 0 Å². The van der Waals surface area contributed by atoms with Gasteiger partial charge in [-0.1, -0.05) is 0 Å². The van der Waals surface area contributed by atoms with E-state index >= 15 is 0 Å². The van der Waals surface area contributed by atoms with Gasteiger partial charge in [0.2, 0.25) is 0 Å². The highest BCUT2D eigenvalue weighted by Crippen LogP contribution is 2.13. The van der Waals surface area contributed by atoms with Crippen molar-refractivity contribution >= 4 is 5.97 Å². The number of hydrogen-bond acceptors (Lipinski definition) is 4. The fraction of sp³-hybridized carbons (Fsp3) is 0.562. The molecule has 1 aliphatic heterocycles. The number of hydrogen-bond donors (Lipinski definition) is 1. The lowest BCUT2D eigenvalue weighted by atomic mass is 10.2. The van der Waals surface area contributed by atoms with Crippen molar-refractivity contribution in [1.29, 1.82) is 0 Å². The largest absolute Gasteiger partial charge is 0.494 e. The average Bonchev–Trinajstić information content (AvgIpc) is 2.47. The van der Waals surface area contributed by atoms with E-state index < -0.39 is 5.97 Å².